The van der Waals surface area contributed by atoms with Crippen LogP contribution in [0.25, 0.3) is 16.9 Å². The van der Waals surface area contributed by atoms with Crippen LogP contribution in [0.5, 0.6) is 11.6 Å². The number of imidazole rings is 1. The van der Waals surface area contributed by atoms with Crippen molar-refractivity contribution in [2.45, 2.75) is 83.7 Å². The summed E-state index contributed by atoms with van der Waals surface area (Å²) in [4.78, 5) is 29.4. The Labute approximate surface area is 225 Å². The zero-order chi connectivity index (χ0) is 26.5. The average Bonchev–Trinajstić information content (AvgIpc) is 3.62. The van der Waals surface area contributed by atoms with Gasteiger partial charge in [0.05, 0.1) is 37.3 Å². The second-order valence-corrected chi connectivity index (χ2v) is 10.6. The highest BCUT2D eigenvalue weighted by Gasteiger charge is 2.27. The molecule has 4 heterocycles. The molecule has 9 nitrogen and oxygen atoms in total. The van der Waals surface area contributed by atoms with Crippen LogP contribution >= 0.6 is 0 Å². The molecular weight excluding hydrogens is 480 g/mol. The lowest BCUT2D eigenvalue weighted by molar-refractivity contribution is 0.174. The summed E-state index contributed by atoms with van der Waals surface area (Å²) in [5.41, 5.74) is 2.97. The molecule has 1 aliphatic heterocycles. The molecule has 2 amide bonds. The number of hydrogen-bond acceptors (Lipinski definition) is 6. The maximum Gasteiger partial charge on any atom is 0.318 e. The zero-order valence-electron chi connectivity index (χ0n) is 22.9. The molecule has 0 spiro atoms. The van der Waals surface area contributed by atoms with Crippen LogP contribution in [-0.4, -0.2) is 56.6 Å². The Morgan fingerprint density at radius 1 is 1.13 bits per heavy atom. The summed E-state index contributed by atoms with van der Waals surface area (Å²) >= 11 is 0. The van der Waals surface area contributed by atoms with Crippen LogP contribution in [0.15, 0.2) is 30.9 Å². The number of urea groups is 1. The molecule has 3 aromatic rings. The molecule has 0 radical (unpaired) electrons. The van der Waals surface area contributed by atoms with Crippen molar-refractivity contribution in [2.24, 2.45) is 5.92 Å². The van der Waals surface area contributed by atoms with Gasteiger partial charge in [-0.2, -0.15) is 0 Å². The summed E-state index contributed by atoms with van der Waals surface area (Å²) in [6.07, 6.45) is 17.5. The summed E-state index contributed by atoms with van der Waals surface area (Å²) in [5.74, 6) is 1.84. The fraction of sp³-hybridized carbons (Fsp3) is 0.586. The number of amides is 2. The third-order valence-electron chi connectivity index (χ3n) is 8.08. The first-order chi connectivity index (χ1) is 18.6. The van der Waals surface area contributed by atoms with Gasteiger partial charge in [0.1, 0.15) is 5.75 Å². The highest BCUT2D eigenvalue weighted by molar-refractivity contribution is 5.75. The van der Waals surface area contributed by atoms with Gasteiger partial charge in [-0.05, 0) is 51.5 Å². The number of aromatic nitrogens is 4. The quantitative estimate of drug-likeness (QED) is 0.468. The number of nitrogens with one attached hydrogen (secondary N) is 1. The number of rotatable bonds is 4. The monoisotopic (exact) mass is 520 g/mol. The number of nitrogens with zero attached hydrogens (tertiary/aromatic N) is 5. The van der Waals surface area contributed by atoms with Crippen LogP contribution in [0.3, 0.4) is 0 Å². The van der Waals surface area contributed by atoms with Crippen LogP contribution in [0.1, 0.15) is 83.4 Å². The summed E-state index contributed by atoms with van der Waals surface area (Å²) in [6.45, 7) is 5.21. The number of ether oxygens (including phenoxy) is 2. The van der Waals surface area contributed by atoms with Crippen molar-refractivity contribution >= 4 is 11.7 Å². The molecule has 204 valence electrons. The lowest BCUT2D eigenvalue weighted by Crippen LogP contribution is -2.46. The molecule has 1 saturated carbocycles. The van der Waals surface area contributed by atoms with Crippen LogP contribution in [0.2, 0.25) is 0 Å². The lowest BCUT2D eigenvalue weighted by Gasteiger charge is -2.31. The summed E-state index contributed by atoms with van der Waals surface area (Å²) in [7, 11) is 1.63. The van der Waals surface area contributed by atoms with Gasteiger partial charge in [-0.15, -0.1) is 0 Å². The predicted octanol–water partition coefficient (Wildman–Crippen LogP) is 5.79. The van der Waals surface area contributed by atoms with E-state index in [1.165, 1.54) is 25.7 Å². The lowest BCUT2D eigenvalue weighted by atomic mass is 9.95. The van der Waals surface area contributed by atoms with Gasteiger partial charge in [-0.1, -0.05) is 32.1 Å². The van der Waals surface area contributed by atoms with E-state index in [0.717, 1.165) is 43.4 Å². The van der Waals surface area contributed by atoms with Gasteiger partial charge in [-0.3, -0.25) is 4.98 Å². The smallest absolute Gasteiger partial charge is 0.318 e. The molecule has 2 aliphatic rings. The Balaban J connectivity index is 1.50. The van der Waals surface area contributed by atoms with Crippen molar-refractivity contribution in [3.05, 3.63) is 36.5 Å². The Kier molecular flexibility index (Phi) is 8.29. The van der Waals surface area contributed by atoms with Gasteiger partial charge in [0.15, 0.2) is 0 Å². The maximum absolute atomic E-state index is 13.6. The highest BCUT2D eigenvalue weighted by atomic mass is 16.5. The fourth-order valence-corrected chi connectivity index (χ4v) is 5.93. The Morgan fingerprint density at radius 2 is 1.95 bits per heavy atom. The molecule has 4 bridgehead atoms. The first kappa shape index (κ1) is 26.3. The normalized spacial score (nSPS) is 21.7. The Morgan fingerprint density at radius 3 is 2.74 bits per heavy atom. The van der Waals surface area contributed by atoms with Crippen molar-refractivity contribution in [1.29, 1.82) is 0 Å². The number of hydrogen-bond donors (Lipinski definition) is 1. The zero-order valence-corrected chi connectivity index (χ0v) is 22.9. The van der Waals surface area contributed by atoms with Crippen molar-refractivity contribution in [3.63, 3.8) is 0 Å². The average molecular weight is 521 g/mol. The number of carbonyl (C=O) groups excluding carboxylic acids is 1. The van der Waals surface area contributed by atoms with E-state index in [-0.39, 0.29) is 18.1 Å². The molecule has 9 heteroatoms. The topological polar surface area (TPSA) is 93.9 Å². The third kappa shape index (κ3) is 5.71. The molecule has 1 N–H and O–H groups in total. The van der Waals surface area contributed by atoms with Gasteiger partial charge in [0.2, 0.25) is 5.65 Å². The van der Waals surface area contributed by atoms with E-state index in [2.05, 4.69) is 15.3 Å². The van der Waals surface area contributed by atoms with Gasteiger partial charge in [-0.25, -0.2) is 14.8 Å². The van der Waals surface area contributed by atoms with Gasteiger partial charge >= 0.3 is 6.03 Å². The molecule has 1 fully saturated rings. The van der Waals surface area contributed by atoms with Crippen molar-refractivity contribution in [3.8, 4) is 22.9 Å². The minimum atomic E-state index is -0.222. The third-order valence-corrected chi connectivity index (χ3v) is 8.08. The Bertz CT molecular complexity index is 1240. The standard InChI is InChI=1S/C29H40N6O3/c1-4-35-20(2)24-17-23(26(37-3)18-31-24)25-19-34-14-13-30-27(34)28(33-25)38-15-9-5-6-12-22(32-29(35)36)16-21-10-7-8-11-21/h13-14,17-22H,4-12,15-16H2,1-3H3,(H,32,36)/t20-,22?/m1/s1. The molecule has 3 aromatic heterocycles. The molecule has 5 rings (SSSR count). The SMILES string of the molecule is CCN1C(=O)NC(CC2CCCC2)CCCCCOc2nc(cn3ccnc23)-c2cc(ncc2OC)[C@H]1C. The number of pyridine rings is 1. The second-order valence-electron chi connectivity index (χ2n) is 10.6. The van der Waals surface area contributed by atoms with E-state index in [1.54, 1.807) is 19.5 Å². The first-order valence-corrected chi connectivity index (χ1v) is 14.1. The van der Waals surface area contributed by atoms with Gasteiger partial charge in [0, 0.05) is 36.7 Å². The molecular formula is C29H40N6O3. The summed E-state index contributed by atoms with van der Waals surface area (Å²) in [6, 6.07) is 1.92. The van der Waals surface area contributed by atoms with E-state index in [1.807, 2.05) is 41.6 Å². The molecule has 1 unspecified atom stereocenters. The Hall–Kier alpha value is -3.36. The van der Waals surface area contributed by atoms with Crippen LogP contribution in [0.4, 0.5) is 4.79 Å². The molecule has 1 aliphatic carbocycles. The van der Waals surface area contributed by atoms with E-state index >= 15 is 0 Å². The maximum atomic E-state index is 13.6. The number of methoxy groups -OCH3 is 1. The first-order valence-electron chi connectivity index (χ1n) is 14.1. The van der Waals surface area contributed by atoms with Crippen LogP contribution < -0.4 is 14.8 Å². The van der Waals surface area contributed by atoms with E-state index in [9.17, 15) is 4.79 Å². The van der Waals surface area contributed by atoms with Crippen molar-refractivity contribution in [2.75, 3.05) is 20.3 Å². The minimum Gasteiger partial charge on any atom is -0.494 e. The molecule has 38 heavy (non-hydrogen) atoms. The molecule has 2 atom stereocenters. The van der Waals surface area contributed by atoms with E-state index in [4.69, 9.17) is 14.5 Å². The summed E-state index contributed by atoms with van der Waals surface area (Å²) < 4.78 is 13.8. The van der Waals surface area contributed by atoms with Crippen LogP contribution in [-0.2, 0) is 0 Å². The van der Waals surface area contributed by atoms with E-state index < -0.39 is 0 Å². The highest BCUT2D eigenvalue weighted by Crippen LogP contribution is 2.34. The fourth-order valence-electron chi connectivity index (χ4n) is 5.93. The second kappa shape index (κ2) is 12.0. The molecule has 0 saturated heterocycles. The predicted molar refractivity (Wildman–Crippen MR) is 146 cm³/mol. The minimum absolute atomic E-state index is 0.0185. The van der Waals surface area contributed by atoms with E-state index in [0.29, 0.717) is 42.0 Å². The number of fused-ring (bicyclic) bond motifs is 7. The van der Waals surface area contributed by atoms with Crippen molar-refractivity contribution in [1.82, 2.24) is 29.6 Å². The van der Waals surface area contributed by atoms with Crippen molar-refractivity contribution < 1.29 is 14.3 Å². The largest absolute Gasteiger partial charge is 0.494 e. The van der Waals surface area contributed by atoms with Gasteiger partial charge < -0.3 is 24.1 Å². The summed E-state index contributed by atoms with van der Waals surface area (Å²) in [5, 5.41) is 3.40. The number of carbonyl (C=O) groups is 1. The van der Waals surface area contributed by atoms with Crippen LogP contribution in [0, 0.1) is 5.92 Å². The van der Waals surface area contributed by atoms with Gasteiger partial charge in [0.25, 0.3) is 5.88 Å². The molecule has 0 aromatic carbocycles.